The number of nitrogens with one attached hydrogen (secondary N) is 1. The first-order valence-electron chi connectivity index (χ1n) is 6.73. The van der Waals surface area contributed by atoms with Gasteiger partial charge in [0.15, 0.2) is 0 Å². The summed E-state index contributed by atoms with van der Waals surface area (Å²) in [5.41, 5.74) is 3.61. The first-order chi connectivity index (χ1) is 8.66. The molecular weight excluding hydrogens is 220 g/mol. The molecule has 2 aromatic rings. The molecule has 2 nitrogen and oxygen atoms in total. The van der Waals surface area contributed by atoms with Crippen LogP contribution in [0.1, 0.15) is 25.1 Å². The normalized spacial score (nSPS) is 11.3. The number of aryl methyl sites for hydroxylation is 1. The Morgan fingerprint density at radius 2 is 2.00 bits per heavy atom. The Bertz CT molecular complexity index is 517. The van der Waals surface area contributed by atoms with E-state index in [1.54, 1.807) is 0 Å². The molecule has 96 valence electrons. The average Bonchev–Trinajstić information content (AvgIpc) is 2.34. The summed E-state index contributed by atoms with van der Waals surface area (Å²) in [5.74, 6) is 0.709. The van der Waals surface area contributed by atoms with Crippen LogP contribution in [0.25, 0.3) is 10.9 Å². The van der Waals surface area contributed by atoms with E-state index < -0.39 is 0 Å². The summed E-state index contributed by atoms with van der Waals surface area (Å²) in [7, 11) is 0. The number of hydrogen-bond donors (Lipinski definition) is 1. The first-order valence-corrected chi connectivity index (χ1v) is 6.73. The van der Waals surface area contributed by atoms with Crippen molar-refractivity contribution in [3.8, 4) is 0 Å². The summed E-state index contributed by atoms with van der Waals surface area (Å²) < 4.78 is 0. The zero-order valence-corrected chi connectivity index (χ0v) is 11.5. The van der Waals surface area contributed by atoms with Gasteiger partial charge in [0, 0.05) is 11.1 Å². The molecule has 0 amide bonds. The standard InChI is InChI=1S/C16H22N2/c1-12(2)11-17-9-8-14-10-13(3)18-16-7-5-4-6-15(14)16/h4-7,10,12,17H,8-9,11H2,1-3H3. The number of hydrogen-bond acceptors (Lipinski definition) is 2. The van der Waals surface area contributed by atoms with Crippen LogP contribution in [0.3, 0.4) is 0 Å². The van der Waals surface area contributed by atoms with Crippen molar-refractivity contribution in [2.24, 2.45) is 5.92 Å². The van der Waals surface area contributed by atoms with Crippen molar-refractivity contribution in [3.63, 3.8) is 0 Å². The maximum atomic E-state index is 4.57. The second kappa shape index (κ2) is 5.96. The van der Waals surface area contributed by atoms with Crippen LogP contribution in [0.2, 0.25) is 0 Å². The quantitative estimate of drug-likeness (QED) is 0.813. The predicted molar refractivity (Wildman–Crippen MR) is 77.9 cm³/mol. The molecule has 0 atom stereocenters. The molecule has 18 heavy (non-hydrogen) atoms. The maximum Gasteiger partial charge on any atom is 0.0707 e. The Morgan fingerprint density at radius 1 is 1.22 bits per heavy atom. The lowest BCUT2D eigenvalue weighted by Gasteiger charge is -2.10. The molecule has 1 heterocycles. The number of nitrogens with zero attached hydrogens (tertiary/aromatic N) is 1. The van der Waals surface area contributed by atoms with E-state index in [1.165, 1.54) is 10.9 Å². The minimum atomic E-state index is 0.709. The third kappa shape index (κ3) is 3.30. The molecule has 0 aliphatic heterocycles. The second-order valence-electron chi connectivity index (χ2n) is 5.29. The third-order valence-corrected chi connectivity index (χ3v) is 3.05. The molecule has 2 rings (SSSR count). The fourth-order valence-corrected chi connectivity index (χ4v) is 2.22. The number of para-hydroxylation sites is 1. The number of rotatable bonds is 5. The third-order valence-electron chi connectivity index (χ3n) is 3.05. The SMILES string of the molecule is Cc1cc(CCNCC(C)C)c2ccccc2n1. The van der Waals surface area contributed by atoms with E-state index in [1.807, 2.05) is 0 Å². The summed E-state index contributed by atoms with van der Waals surface area (Å²) in [6.07, 6.45) is 1.07. The van der Waals surface area contributed by atoms with Crippen molar-refractivity contribution < 1.29 is 0 Å². The Hall–Kier alpha value is -1.41. The summed E-state index contributed by atoms with van der Waals surface area (Å²) in [4.78, 5) is 4.57. The molecule has 1 aromatic carbocycles. The zero-order valence-electron chi connectivity index (χ0n) is 11.5. The van der Waals surface area contributed by atoms with Crippen molar-refractivity contribution in [1.82, 2.24) is 10.3 Å². The monoisotopic (exact) mass is 242 g/mol. The summed E-state index contributed by atoms with van der Waals surface area (Å²) >= 11 is 0. The molecular formula is C16H22N2. The van der Waals surface area contributed by atoms with Crippen molar-refractivity contribution in [3.05, 3.63) is 41.6 Å². The van der Waals surface area contributed by atoms with E-state index in [0.29, 0.717) is 5.92 Å². The molecule has 0 spiro atoms. The van der Waals surface area contributed by atoms with Gasteiger partial charge in [0.1, 0.15) is 0 Å². The van der Waals surface area contributed by atoms with Gasteiger partial charge in [0.2, 0.25) is 0 Å². The fraction of sp³-hybridized carbons (Fsp3) is 0.438. The van der Waals surface area contributed by atoms with Crippen molar-refractivity contribution in [1.29, 1.82) is 0 Å². The van der Waals surface area contributed by atoms with Gasteiger partial charge in [0.25, 0.3) is 0 Å². The lowest BCUT2D eigenvalue weighted by molar-refractivity contribution is 0.554. The minimum Gasteiger partial charge on any atom is -0.316 e. The molecule has 0 saturated carbocycles. The van der Waals surface area contributed by atoms with Crippen LogP contribution in [-0.4, -0.2) is 18.1 Å². The van der Waals surface area contributed by atoms with Gasteiger partial charge in [-0.05, 0) is 50.0 Å². The minimum absolute atomic E-state index is 0.709. The van der Waals surface area contributed by atoms with E-state index in [0.717, 1.165) is 30.7 Å². The highest BCUT2D eigenvalue weighted by molar-refractivity contribution is 5.82. The largest absolute Gasteiger partial charge is 0.316 e. The molecule has 0 bridgehead atoms. The van der Waals surface area contributed by atoms with Gasteiger partial charge in [-0.2, -0.15) is 0 Å². The van der Waals surface area contributed by atoms with Crippen LogP contribution >= 0.6 is 0 Å². The Labute approximate surface area is 109 Å². The smallest absolute Gasteiger partial charge is 0.0707 e. The number of pyridine rings is 1. The van der Waals surface area contributed by atoms with E-state index in [-0.39, 0.29) is 0 Å². The van der Waals surface area contributed by atoms with Crippen molar-refractivity contribution in [2.75, 3.05) is 13.1 Å². The lowest BCUT2D eigenvalue weighted by atomic mass is 10.0. The predicted octanol–water partition coefficient (Wildman–Crippen LogP) is 3.33. The van der Waals surface area contributed by atoms with Gasteiger partial charge in [0.05, 0.1) is 5.52 Å². The van der Waals surface area contributed by atoms with Gasteiger partial charge in [-0.3, -0.25) is 4.98 Å². The topological polar surface area (TPSA) is 24.9 Å². The van der Waals surface area contributed by atoms with E-state index in [4.69, 9.17) is 0 Å². The highest BCUT2D eigenvalue weighted by Gasteiger charge is 2.03. The van der Waals surface area contributed by atoms with Gasteiger partial charge >= 0.3 is 0 Å². The van der Waals surface area contributed by atoms with Gasteiger partial charge in [-0.25, -0.2) is 0 Å². The highest BCUT2D eigenvalue weighted by atomic mass is 14.8. The van der Waals surface area contributed by atoms with Crippen LogP contribution in [0.5, 0.6) is 0 Å². The zero-order chi connectivity index (χ0) is 13.0. The van der Waals surface area contributed by atoms with Gasteiger partial charge in [-0.1, -0.05) is 32.0 Å². The van der Waals surface area contributed by atoms with E-state index in [2.05, 4.69) is 61.4 Å². The lowest BCUT2D eigenvalue weighted by Crippen LogP contribution is -2.22. The Morgan fingerprint density at radius 3 is 2.78 bits per heavy atom. The number of fused-ring (bicyclic) bond motifs is 1. The highest BCUT2D eigenvalue weighted by Crippen LogP contribution is 2.18. The summed E-state index contributed by atoms with van der Waals surface area (Å²) in [6, 6.07) is 10.6. The molecule has 1 N–H and O–H groups in total. The fourth-order valence-electron chi connectivity index (χ4n) is 2.22. The van der Waals surface area contributed by atoms with Gasteiger partial charge in [-0.15, -0.1) is 0 Å². The molecule has 2 heteroatoms. The van der Waals surface area contributed by atoms with Gasteiger partial charge < -0.3 is 5.32 Å². The van der Waals surface area contributed by atoms with Crippen LogP contribution < -0.4 is 5.32 Å². The first kappa shape index (κ1) is 13.0. The summed E-state index contributed by atoms with van der Waals surface area (Å²) in [5, 5.41) is 4.78. The molecule has 0 fully saturated rings. The molecule has 0 radical (unpaired) electrons. The Balaban J connectivity index is 2.12. The van der Waals surface area contributed by atoms with Crippen LogP contribution in [0.15, 0.2) is 30.3 Å². The Kier molecular flexibility index (Phi) is 4.32. The molecule has 0 unspecified atom stereocenters. The van der Waals surface area contributed by atoms with E-state index in [9.17, 15) is 0 Å². The van der Waals surface area contributed by atoms with Crippen LogP contribution in [-0.2, 0) is 6.42 Å². The average molecular weight is 242 g/mol. The number of aromatic nitrogens is 1. The molecule has 0 aliphatic carbocycles. The number of benzene rings is 1. The molecule has 0 saturated heterocycles. The summed E-state index contributed by atoms with van der Waals surface area (Å²) in [6.45, 7) is 8.66. The van der Waals surface area contributed by atoms with Crippen LogP contribution in [0, 0.1) is 12.8 Å². The molecule has 0 aliphatic rings. The van der Waals surface area contributed by atoms with Crippen LogP contribution in [0.4, 0.5) is 0 Å². The molecule has 1 aromatic heterocycles. The van der Waals surface area contributed by atoms with E-state index >= 15 is 0 Å². The van der Waals surface area contributed by atoms with Crippen molar-refractivity contribution >= 4 is 10.9 Å². The second-order valence-corrected chi connectivity index (χ2v) is 5.29. The van der Waals surface area contributed by atoms with Crippen molar-refractivity contribution in [2.45, 2.75) is 27.2 Å². The maximum absolute atomic E-state index is 4.57.